The van der Waals surface area contributed by atoms with Gasteiger partial charge in [-0.15, -0.1) is 22.9 Å². The van der Waals surface area contributed by atoms with Crippen molar-refractivity contribution in [3.63, 3.8) is 0 Å². The van der Waals surface area contributed by atoms with E-state index in [0.717, 1.165) is 24.1 Å². The van der Waals surface area contributed by atoms with Gasteiger partial charge >= 0.3 is 0 Å². The van der Waals surface area contributed by atoms with E-state index < -0.39 is 10.0 Å². The maximum atomic E-state index is 12.6. The van der Waals surface area contributed by atoms with Gasteiger partial charge in [0.15, 0.2) is 0 Å². The minimum absolute atomic E-state index is 0.0986. The molecule has 1 aromatic rings. The first kappa shape index (κ1) is 14.3. The van der Waals surface area contributed by atoms with Gasteiger partial charge in [-0.2, -0.15) is 4.31 Å². The predicted molar refractivity (Wildman–Crippen MR) is 75.7 cm³/mol. The Kier molecular flexibility index (Phi) is 4.36. The molecule has 0 amide bonds. The van der Waals surface area contributed by atoms with E-state index in [0.29, 0.717) is 10.1 Å². The van der Waals surface area contributed by atoms with Crippen LogP contribution in [0.4, 0.5) is 0 Å². The molecule has 18 heavy (non-hydrogen) atoms. The van der Waals surface area contributed by atoms with Crippen LogP contribution in [-0.4, -0.2) is 24.8 Å². The van der Waals surface area contributed by atoms with Crippen LogP contribution in [-0.2, 0) is 15.9 Å². The summed E-state index contributed by atoms with van der Waals surface area (Å²) in [6.45, 7) is 4.03. The van der Waals surface area contributed by atoms with Gasteiger partial charge in [0.25, 0.3) is 10.0 Å². The van der Waals surface area contributed by atoms with Crippen LogP contribution in [0.3, 0.4) is 0 Å². The van der Waals surface area contributed by atoms with Crippen LogP contribution in [0.1, 0.15) is 38.0 Å². The van der Waals surface area contributed by atoms with Crippen molar-refractivity contribution in [3.05, 3.63) is 17.0 Å². The van der Waals surface area contributed by atoms with Crippen molar-refractivity contribution in [2.45, 2.75) is 55.3 Å². The molecule has 0 radical (unpaired) electrons. The summed E-state index contributed by atoms with van der Waals surface area (Å²) in [6.07, 6.45) is 2.79. The monoisotopic (exact) mass is 307 g/mol. The van der Waals surface area contributed by atoms with E-state index >= 15 is 0 Å². The van der Waals surface area contributed by atoms with Crippen LogP contribution in [0.15, 0.2) is 16.3 Å². The number of halogens is 1. The molecular weight excluding hydrogens is 290 g/mol. The molecule has 2 heterocycles. The maximum Gasteiger partial charge on any atom is 0.253 e. The fraction of sp³-hybridized carbons (Fsp3) is 0.667. The van der Waals surface area contributed by atoms with Crippen molar-refractivity contribution >= 4 is 33.0 Å². The molecule has 1 saturated heterocycles. The van der Waals surface area contributed by atoms with Crippen LogP contribution in [0.25, 0.3) is 0 Å². The fourth-order valence-corrected chi connectivity index (χ4v) is 6.05. The van der Waals surface area contributed by atoms with Crippen LogP contribution in [0, 0.1) is 0 Å². The quantitative estimate of drug-likeness (QED) is 0.799. The molecule has 0 spiro atoms. The smallest absolute Gasteiger partial charge is 0.206 e. The summed E-state index contributed by atoms with van der Waals surface area (Å²) in [6, 6.07) is 3.72. The molecule has 2 unspecified atom stereocenters. The Morgan fingerprint density at radius 2 is 2.17 bits per heavy atom. The molecule has 3 nitrogen and oxygen atoms in total. The van der Waals surface area contributed by atoms with Crippen molar-refractivity contribution < 1.29 is 8.42 Å². The summed E-state index contributed by atoms with van der Waals surface area (Å²) in [5.41, 5.74) is 0. The number of rotatable bonds is 4. The average Bonchev–Trinajstić information content (AvgIpc) is 2.95. The van der Waals surface area contributed by atoms with Crippen molar-refractivity contribution in [1.82, 2.24) is 4.31 Å². The standard InChI is InChI=1S/C12H18ClNO2S2/c1-3-10-5-4-9(2)14(10)18(15,16)12-7-6-11(8-13)17-12/h6-7,9-10H,3-5,8H2,1-2H3. The van der Waals surface area contributed by atoms with E-state index in [1.165, 1.54) is 11.3 Å². The summed E-state index contributed by atoms with van der Waals surface area (Å²) in [7, 11) is -3.35. The maximum absolute atomic E-state index is 12.6. The van der Waals surface area contributed by atoms with Crippen molar-refractivity contribution in [2.75, 3.05) is 0 Å². The molecule has 0 bridgehead atoms. The van der Waals surface area contributed by atoms with E-state index in [4.69, 9.17) is 11.6 Å². The predicted octanol–water partition coefficient (Wildman–Crippen LogP) is 3.44. The normalized spacial score (nSPS) is 25.7. The molecule has 0 aliphatic carbocycles. The highest BCUT2D eigenvalue weighted by Crippen LogP contribution is 2.35. The molecular formula is C12H18ClNO2S2. The lowest BCUT2D eigenvalue weighted by molar-refractivity contribution is 0.329. The van der Waals surface area contributed by atoms with E-state index in [-0.39, 0.29) is 12.1 Å². The number of hydrogen-bond acceptors (Lipinski definition) is 3. The van der Waals surface area contributed by atoms with Crippen molar-refractivity contribution in [2.24, 2.45) is 0 Å². The van der Waals surface area contributed by atoms with E-state index in [2.05, 4.69) is 0 Å². The van der Waals surface area contributed by atoms with Crippen molar-refractivity contribution in [1.29, 1.82) is 0 Å². The molecule has 1 aliphatic heterocycles. The lowest BCUT2D eigenvalue weighted by Crippen LogP contribution is -2.39. The molecule has 0 N–H and O–H groups in total. The number of hydrogen-bond donors (Lipinski definition) is 0. The first-order valence-electron chi connectivity index (χ1n) is 6.19. The Balaban J connectivity index is 2.35. The number of sulfonamides is 1. The van der Waals surface area contributed by atoms with Gasteiger partial charge in [-0.25, -0.2) is 8.42 Å². The molecule has 0 aromatic carbocycles. The van der Waals surface area contributed by atoms with Crippen LogP contribution in [0.5, 0.6) is 0 Å². The Morgan fingerprint density at radius 3 is 2.72 bits per heavy atom. The Bertz CT molecular complexity index is 512. The Labute approximate surface area is 118 Å². The van der Waals surface area contributed by atoms with Crippen molar-refractivity contribution in [3.8, 4) is 0 Å². The lowest BCUT2D eigenvalue weighted by atomic mass is 10.2. The third-order valence-electron chi connectivity index (χ3n) is 3.48. The Hall–Kier alpha value is -0.100. The zero-order valence-corrected chi connectivity index (χ0v) is 13.0. The highest BCUT2D eigenvalue weighted by Gasteiger charge is 2.39. The molecule has 2 rings (SSSR count). The number of nitrogens with zero attached hydrogens (tertiary/aromatic N) is 1. The summed E-state index contributed by atoms with van der Waals surface area (Å²) in [4.78, 5) is 0.898. The van der Waals surface area contributed by atoms with E-state index in [9.17, 15) is 8.42 Å². The van der Waals surface area contributed by atoms with Crippen LogP contribution in [0.2, 0.25) is 0 Å². The summed E-state index contributed by atoms with van der Waals surface area (Å²) >= 11 is 7.02. The molecule has 2 atom stereocenters. The van der Waals surface area contributed by atoms with Gasteiger partial charge in [-0.3, -0.25) is 0 Å². The fourth-order valence-electron chi connectivity index (χ4n) is 2.54. The molecule has 0 saturated carbocycles. The number of alkyl halides is 1. The van der Waals surface area contributed by atoms with Gasteiger partial charge in [0, 0.05) is 17.0 Å². The first-order valence-corrected chi connectivity index (χ1v) is 8.98. The van der Waals surface area contributed by atoms with Gasteiger partial charge in [-0.05, 0) is 38.3 Å². The molecule has 1 aromatic heterocycles. The average molecular weight is 308 g/mol. The van der Waals surface area contributed by atoms with Gasteiger partial charge in [-0.1, -0.05) is 6.92 Å². The van der Waals surface area contributed by atoms with E-state index in [1.54, 1.807) is 16.4 Å². The second kappa shape index (κ2) is 5.49. The zero-order valence-electron chi connectivity index (χ0n) is 10.6. The van der Waals surface area contributed by atoms with Gasteiger partial charge in [0.1, 0.15) is 4.21 Å². The van der Waals surface area contributed by atoms with Gasteiger partial charge in [0.05, 0.1) is 5.88 Å². The van der Waals surface area contributed by atoms with Crippen LogP contribution >= 0.6 is 22.9 Å². The minimum Gasteiger partial charge on any atom is -0.206 e. The van der Waals surface area contributed by atoms with Gasteiger partial charge in [0.2, 0.25) is 0 Å². The largest absolute Gasteiger partial charge is 0.253 e. The molecule has 6 heteroatoms. The lowest BCUT2D eigenvalue weighted by Gasteiger charge is -2.26. The van der Waals surface area contributed by atoms with Crippen LogP contribution < -0.4 is 0 Å². The molecule has 1 aliphatic rings. The first-order chi connectivity index (χ1) is 8.50. The topological polar surface area (TPSA) is 37.4 Å². The zero-order chi connectivity index (χ0) is 13.3. The highest BCUT2D eigenvalue weighted by molar-refractivity contribution is 7.91. The van der Waals surface area contributed by atoms with Gasteiger partial charge < -0.3 is 0 Å². The second-order valence-corrected chi connectivity index (χ2v) is 8.18. The summed E-state index contributed by atoms with van der Waals surface area (Å²) < 4.78 is 27.4. The Morgan fingerprint density at radius 1 is 1.44 bits per heavy atom. The summed E-state index contributed by atoms with van der Waals surface area (Å²) in [5.74, 6) is 0.368. The second-order valence-electron chi connectivity index (χ2n) is 4.68. The highest BCUT2D eigenvalue weighted by atomic mass is 35.5. The third-order valence-corrected chi connectivity index (χ3v) is 7.55. The third kappa shape index (κ3) is 2.46. The summed E-state index contributed by atoms with van der Waals surface area (Å²) in [5, 5.41) is 0. The minimum atomic E-state index is -3.35. The SMILES string of the molecule is CCC1CCC(C)N1S(=O)(=O)c1ccc(CCl)s1. The number of thiophene rings is 1. The molecule has 1 fully saturated rings. The molecule has 102 valence electrons. The van der Waals surface area contributed by atoms with E-state index in [1.807, 2.05) is 13.8 Å².